The predicted molar refractivity (Wildman–Crippen MR) is 92.0 cm³/mol. The summed E-state index contributed by atoms with van der Waals surface area (Å²) in [6, 6.07) is 8.30. The topological polar surface area (TPSA) is 51.5 Å². The van der Waals surface area contributed by atoms with Crippen molar-refractivity contribution in [1.82, 2.24) is 9.47 Å². The summed E-state index contributed by atoms with van der Waals surface area (Å²) in [4.78, 5) is 26.6. The molecule has 1 fully saturated rings. The molecule has 25 heavy (non-hydrogen) atoms. The molecule has 0 N–H and O–H groups in total. The highest BCUT2D eigenvalue weighted by atomic mass is 19.1. The molecular formula is C19H21FN2O3. The number of nitrogens with zero attached hydrogens (tertiary/aromatic N) is 2. The first-order chi connectivity index (χ1) is 11.9. The zero-order chi connectivity index (χ0) is 18.1. The molecule has 1 aromatic carbocycles. The molecule has 1 aliphatic rings. The van der Waals surface area contributed by atoms with Gasteiger partial charge in [-0.25, -0.2) is 4.39 Å². The van der Waals surface area contributed by atoms with Crippen LogP contribution in [0, 0.1) is 19.7 Å². The Morgan fingerprint density at radius 3 is 2.64 bits per heavy atom. The highest BCUT2D eigenvalue weighted by molar-refractivity contribution is 5.95. The minimum atomic E-state index is -0.298. The van der Waals surface area contributed by atoms with Crippen LogP contribution in [0.2, 0.25) is 0 Å². The van der Waals surface area contributed by atoms with Gasteiger partial charge in [-0.2, -0.15) is 0 Å². The van der Waals surface area contributed by atoms with Crippen LogP contribution in [0.15, 0.2) is 35.1 Å². The van der Waals surface area contributed by atoms with E-state index in [9.17, 15) is 14.0 Å². The molecule has 0 atom stereocenters. The van der Waals surface area contributed by atoms with Crippen molar-refractivity contribution in [2.24, 2.45) is 7.05 Å². The fraction of sp³-hybridized carbons (Fsp3) is 0.368. The monoisotopic (exact) mass is 344 g/mol. The van der Waals surface area contributed by atoms with Crippen LogP contribution in [0.1, 0.15) is 27.2 Å². The second kappa shape index (κ2) is 6.80. The summed E-state index contributed by atoms with van der Waals surface area (Å²) in [5.41, 5.74) is 1.92. The lowest BCUT2D eigenvalue weighted by Crippen LogP contribution is -2.55. The molecule has 6 heteroatoms. The summed E-state index contributed by atoms with van der Waals surface area (Å²) in [7, 11) is 1.66. The van der Waals surface area contributed by atoms with E-state index >= 15 is 0 Å². The zero-order valence-electron chi connectivity index (χ0n) is 14.6. The molecule has 0 aliphatic carbocycles. The molecule has 3 rings (SSSR count). The number of likely N-dealkylation sites (tertiary alicyclic amines) is 1. The Morgan fingerprint density at radius 2 is 1.96 bits per heavy atom. The molecule has 0 unspecified atom stereocenters. The Balaban J connectivity index is 1.62. The predicted octanol–water partition coefficient (Wildman–Crippen LogP) is 2.18. The van der Waals surface area contributed by atoms with Crippen LogP contribution in [0.3, 0.4) is 0 Å². The molecule has 0 saturated carbocycles. The Kier molecular flexibility index (Phi) is 4.72. The molecule has 2 heterocycles. The first-order valence-electron chi connectivity index (χ1n) is 8.20. The van der Waals surface area contributed by atoms with Gasteiger partial charge in [0, 0.05) is 31.4 Å². The van der Waals surface area contributed by atoms with E-state index in [4.69, 9.17) is 4.74 Å². The van der Waals surface area contributed by atoms with Crippen LogP contribution in [-0.4, -0.2) is 34.6 Å². The normalized spacial score (nSPS) is 14.5. The minimum absolute atomic E-state index is 0.141. The Hall–Kier alpha value is -2.47. The summed E-state index contributed by atoms with van der Waals surface area (Å²) in [6.45, 7) is 4.59. The lowest BCUT2D eigenvalue weighted by atomic mass is 10.1. The third-order valence-electron chi connectivity index (χ3n) is 4.65. The maximum absolute atomic E-state index is 13.6. The number of carbonyl (C=O) groups is 1. The van der Waals surface area contributed by atoms with Crippen LogP contribution in [0.4, 0.5) is 4.39 Å². The lowest BCUT2D eigenvalue weighted by Gasteiger charge is -2.39. The fourth-order valence-corrected chi connectivity index (χ4v) is 2.93. The molecule has 1 aliphatic heterocycles. The molecule has 132 valence electrons. The van der Waals surface area contributed by atoms with Crippen molar-refractivity contribution in [3.05, 3.63) is 68.9 Å². The Morgan fingerprint density at radius 1 is 1.28 bits per heavy atom. The number of hydrogen-bond acceptors (Lipinski definition) is 3. The SMILES string of the molecule is Cc1cc(C)n(C)c(=O)c1C(=O)N1CC(OCc2ccccc2F)C1. The number of halogens is 1. The van der Waals surface area contributed by atoms with E-state index < -0.39 is 0 Å². The van der Waals surface area contributed by atoms with Gasteiger partial charge in [0.1, 0.15) is 11.4 Å². The summed E-state index contributed by atoms with van der Waals surface area (Å²) in [5.74, 6) is -0.572. The second-order valence-corrected chi connectivity index (χ2v) is 6.44. The van der Waals surface area contributed by atoms with Gasteiger partial charge in [0.2, 0.25) is 0 Å². The van der Waals surface area contributed by atoms with Crippen molar-refractivity contribution < 1.29 is 13.9 Å². The van der Waals surface area contributed by atoms with Gasteiger partial charge in [-0.3, -0.25) is 9.59 Å². The van der Waals surface area contributed by atoms with Crippen molar-refractivity contribution in [2.75, 3.05) is 13.1 Å². The van der Waals surface area contributed by atoms with Crippen molar-refractivity contribution in [2.45, 2.75) is 26.6 Å². The van der Waals surface area contributed by atoms with Gasteiger partial charge >= 0.3 is 0 Å². The quantitative estimate of drug-likeness (QED) is 0.854. The molecule has 0 radical (unpaired) electrons. The molecule has 1 saturated heterocycles. The van der Waals surface area contributed by atoms with Crippen LogP contribution < -0.4 is 5.56 Å². The Bertz CT molecular complexity index is 869. The zero-order valence-corrected chi connectivity index (χ0v) is 14.6. The van der Waals surface area contributed by atoms with Gasteiger partial charge in [-0.15, -0.1) is 0 Å². The first-order valence-corrected chi connectivity index (χ1v) is 8.20. The summed E-state index contributed by atoms with van der Waals surface area (Å²) in [5, 5.41) is 0. The molecule has 2 aromatic rings. The van der Waals surface area contributed by atoms with Gasteiger partial charge in [-0.1, -0.05) is 18.2 Å². The van der Waals surface area contributed by atoms with Crippen LogP contribution in [0.25, 0.3) is 0 Å². The third kappa shape index (κ3) is 3.35. The van der Waals surface area contributed by atoms with Gasteiger partial charge < -0.3 is 14.2 Å². The largest absolute Gasteiger partial charge is 0.370 e. The number of carbonyl (C=O) groups excluding carboxylic acids is 1. The molecule has 5 nitrogen and oxygen atoms in total. The van der Waals surface area contributed by atoms with Crippen molar-refractivity contribution in [3.63, 3.8) is 0 Å². The van der Waals surface area contributed by atoms with Crippen molar-refractivity contribution in [3.8, 4) is 0 Å². The Labute approximate surface area is 145 Å². The smallest absolute Gasteiger partial charge is 0.263 e. The maximum atomic E-state index is 13.6. The van der Waals surface area contributed by atoms with Crippen LogP contribution in [0.5, 0.6) is 0 Å². The van der Waals surface area contributed by atoms with E-state index in [-0.39, 0.29) is 35.6 Å². The van der Waals surface area contributed by atoms with E-state index in [1.54, 1.807) is 37.1 Å². The molecule has 0 bridgehead atoms. The van der Waals surface area contributed by atoms with E-state index in [2.05, 4.69) is 0 Å². The van der Waals surface area contributed by atoms with Gasteiger partial charge in [0.15, 0.2) is 0 Å². The number of ether oxygens (including phenoxy) is 1. The van der Waals surface area contributed by atoms with Gasteiger partial charge in [0.05, 0.1) is 12.7 Å². The van der Waals surface area contributed by atoms with Crippen molar-refractivity contribution >= 4 is 5.91 Å². The van der Waals surface area contributed by atoms with Crippen LogP contribution in [-0.2, 0) is 18.4 Å². The van der Waals surface area contributed by atoms with E-state index in [1.807, 2.05) is 13.0 Å². The highest BCUT2D eigenvalue weighted by Crippen LogP contribution is 2.19. The second-order valence-electron chi connectivity index (χ2n) is 6.44. The number of rotatable bonds is 4. The van der Waals surface area contributed by atoms with Gasteiger partial charge in [-0.05, 0) is 31.5 Å². The average Bonchev–Trinajstić information content (AvgIpc) is 2.53. The fourth-order valence-electron chi connectivity index (χ4n) is 2.93. The minimum Gasteiger partial charge on any atom is -0.370 e. The molecule has 1 aromatic heterocycles. The number of aryl methyl sites for hydroxylation is 2. The lowest BCUT2D eigenvalue weighted by molar-refractivity contribution is -0.0510. The van der Waals surface area contributed by atoms with E-state index in [0.717, 1.165) is 5.69 Å². The maximum Gasteiger partial charge on any atom is 0.263 e. The highest BCUT2D eigenvalue weighted by Gasteiger charge is 2.34. The molecular weight excluding hydrogens is 323 g/mol. The van der Waals surface area contributed by atoms with Gasteiger partial charge in [0.25, 0.3) is 11.5 Å². The first kappa shape index (κ1) is 17.4. The summed E-state index contributed by atoms with van der Waals surface area (Å²) < 4.78 is 20.7. The number of aromatic nitrogens is 1. The standard InChI is InChI=1S/C19H21FN2O3/c1-12-8-13(2)21(3)18(23)17(12)19(24)22-9-15(10-22)25-11-14-6-4-5-7-16(14)20/h4-8,15H,9-11H2,1-3H3. The van der Waals surface area contributed by atoms with E-state index in [1.165, 1.54) is 10.6 Å². The summed E-state index contributed by atoms with van der Waals surface area (Å²) >= 11 is 0. The molecule has 0 spiro atoms. The number of pyridine rings is 1. The van der Waals surface area contributed by atoms with Crippen molar-refractivity contribution in [1.29, 1.82) is 0 Å². The third-order valence-corrected chi connectivity index (χ3v) is 4.65. The number of amides is 1. The molecule has 1 amide bonds. The average molecular weight is 344 g/mol. The summed E-state index contributed by atoms with van der Waals surface area (Å²) in [6.07, 6.45) is -0.141. The number of benzene rings is 1. The van der Waals surface area contributed by atoms with E-state index in [0.29, 0.717) is 24.2 Å². The van der Waals surface area contributed by atoms with Crippen LogP contribution >= 0.6 is 0 Å². The number of hydrogen-bond donors (Lipinski definition) is 0.